The molecule has 1 saturated carbocycles. The number of hydrogen-bond acceptors (Lipinski definition) is 3. The molecule has 1 aromatic carbocycles. The average Bonchev–Trinajstić information content (AvgIpc) is 2.47. The summed E-state index contributed by atoms with van der Waals surface area (Å²) in [6.07, 6.45) is 5.42. The molecule has 2 rings (SSSR count). The van der Waals surface area contributed by atoms with Gasteiger partial charge in [-0.2, -0.15) is 0 Å². The fraction of sp³-hybridized carbons (Fsp3) is 0.500. The van der Waals surface area contributed by atoms with Gasteiger partial charge in [0.2, 0.25) is 0 Å². The zero-order valence-corrected chi connectivity index (χ0v) is 11.7. The van der Waals surface area contributed by atoms with Crippen LogP contribution in [0.2, 0.25) is 0 Å². The molecule has 0 spiro atoms. The van der Waals surface area contributed by atoms with Crippen LogP contribution in [0.4, 0.5) is 4.39 Å². The molecule has 0 N–H and O–H groups in total. The number of hydrogen-bond donors (Lipinski definition) is 0. The van der Waals surface area contributed by atoms with Gasteiger partial charge in [0.05, 0.1) is 6.61 Å². The van der Waals surface area contributed by atoms with Gasteiger partial charge >= 0.3 is 5.97 Å². The molecule has 0 aromatic heterocycles. The molecular weight excluding hydrogens is 259 g/mol. The van der Waals surface area contributed by atoms with Crippen LogP contribution in [-0.2, 0) is 9.53 Å². The summed E-state index contributed by atoms with van der Waals surface area (Å²) in [6, 6.07) is 4.31. The molecule has 1 fully saturated rings. The highest BCUT2D eigenvalue weighted by atomic mass is 19.1. The van der Waals surface area contributed by atoms with Gasteiger partial charge in [-0.3, -0.25) is 4.79 Å². The molecule has 0 heterocycles. The quantitative estimate of drug-likeness (QED) is 0.480. The number of carbonyl (C=O) groups is 2. The molecule has 108 valence electrons. The minimum Gasteiger partial charge on any atom is -0.460 e. The smallest absolute Gasteiger partial charge is 0.379 e. The zero-order chi connectivity index (χ0) is 14.5. The third kappa shape index (κ3) is 3.24. The summed E-state index contributed by atoms with van der Waals surface area (Å²) in [4.78, 5) is 23.1. The molecule has 1 aliphatic rings. The first kappa shape index (κ1) is 14.7. The van der Waals surface area contributed by atoms with Crippen molar-refractivity contribution in [2.45, 2.75) is 44.9 Å². The van der Waals surface area contributed by atoms with E-state index < -0.39 is 17.6 Å². The van der Waals surface area contributed by atoms with E-state index in [1.54, 1.807) is 13.0 Å². The van der Waals surface area contributed by atoms with Crippen LogP contribution in [0.25, 0.3) is 0 Å². The molecule has 1 aromatic rings. The third-order valence-electron chi connectivity index (χ3n) is 3.77. The first-order chi connectivity index (χ1) is 9.63. The van der Waals surface area contributed by atoms with Crippen LogP contribution < -0.4 is 0 Å². The van der Waals surface area contributed by atoms with Crippen LogP contribution in [0.15, 0.2) is 18.2 Å². The summed E-state index contributed by atoms with van der Waals surface area (Å²) in [5.41, 5.74) is 0.714. The lowest BCUT2D eigenvalue weighted by Crippen LogP contribution is -2.18. The van der Waals surface area contributed by atoms with Crippen molar-refractivity contribution >= 4 is 11.8 Å². The van der Waals surface area contributed by atoms with Crippen molar-refractivity contribution in [3.63, 3.8) is 0 Å². The van der Waals surface area contributed by atoms with Crippen LogP contribution in [0, 0.1) is 5.82 Å². The second-order valence-corrected chi connectivity index (χ2v) is 5.12. The van der Waals surface area contributed by atoms with E-state index in [-0.39, 0.29) is 18.1 Å². The number of esters is 1. The molecule has 3 nitrogen and oxygen atoms in total. The summed E-state index contributed by atoms with van der Waals surface area (Å²) in [5, 5.41) is 0. The Morgan fingerprint density at radius 2 is 1.95 bits per heavy atom. The molecule has 20 heavy (non-hydrogen) atoms. The van der Waals surface area contributed by atoms with Gasteiger partial charge in [0, 0.05) is 5.56 Å². The van der Waals surface area contributed by atoms with Crippen LogP contribution >= 0.6 is 0 Å². The van der Waals surface area contributed by atoms with Gasteiger partial charge in [-0.15, -0.1) is 0 Å². The van der Waals surface area contributed by atoms with E-state index in [4.69, 9.17) is 0 Å². The van der Waals surface area contributed by atoms with Gasteiger partial charge < -0.3 is 4.74 Å². The van der Waals surface area contributed by atoms with E-state index in [1.807, 2.05) is 0 Å². The van der Waals surface area contributed by atoms with Crippen molar-refractivity contribution in [3.8, 4) is 0 Å². The highest BCUT2D eigenvalue weighted by Gasteiger charge is 2.22. The van der Waals surface area contributed by atoms with E-state index in [2.05, 4.69) is 4.74 Å². The predicted octanol–water partition coefficient (Wildman–Crippen LogP) is 3.62. The highest BCUT2D eigenvalue weighted by molar-refractivity contribution is 6.40. The number of halogens is 1. The summed E-state index contributed by atoms with van der Waals surface area (Å²) in [7, 11) is 0. The fourth-order valence-electron chi connectivity index (χ4n) is 2.73. The van der Waals surface area contributed by atoms with Crippen LogP contribution in [0.1, 0.15) is 60.9 Å². The topological polar surface area (TPSA) is 43.4 Å². The Hall–Kier alpha value is -1.71. The molecule has 0 atom stereocenters. The standard InChI is InChI=1S/C16H19FO3/c1-2-20-16(19)15(18)12-8-9-13(14(17)10-12)11-6-4-3-5-7-11/h8-11H,2-7H2,1H3. The van der Waals surface area contributed by atoms with E-state index in [1.165, 1.54) is 12.5 Å². The van der Waals surface area contributed by atoms with Gasteiger partial charge in [0.25, 0.3) is 5.78 Å². The highest BCUT2D eigenvalue weighted by Crippen LogP contribution is 2.34. The van der Waals surface area contributed by atoms with Crippen molar-refractivity contribution in [2.75, 3.05) is 6.61 Å². The largest absolute Gasteiger partial charge is 0.460 e. The van der Waals surface area contributed by atoms with Crippen molar-refractivity contribution in [1.29, 1.82) is 0 Å². The summed E-state index contributed by atoms with van der Waals surface area (Å²) in [5.74, 6) is -1.89. The zero-order valence-electron chi connectivity index (χ0n) is 11.7. The van der Waals surface area contributed by atoms with Crippen molar-refractivity contribution < 1.29 is 18.7 Å². The summed E-state index contributed by atoms with van der Waals surface area (Å²) < 4.78 is 18.8. The Morgan fingerprint density at radius 3 is 2.55 bits per heavy atom. The molecule has 1 aliphatic carbocycles. The number of rotatable bonds is 4. The Labute approximate surface area is 118 Å². The van der Waals surface area contributed by atoms with E-state index >= 15 is 0 Å². The first-order valence-corrected chi connectivity index (χ1v) is 7.14. The van der Waals surface area contributed by atoms with Crippen molar-refractivity contribution in [1.82, 2.24) is 0 Å². The van der Waals surface area contributed by atoms with E-state index in [9.17, 15) is 14.0 Å². The van der Waals surface area contributed by atoms with Gasteiger partial charge in [-0.05, 0) is 37.3 Å². The summed E-state index contributed by atoms with van der Waals surface area (Å²) >= 11 is 0. The van der Waals surface area contributed by atoms with Gasteiger partial charge in [-0.1, -0.05) is 31.4 Å². The maximum Gasteiger partial charge on any atom is 0.379 e. The normalized spacial score (nSPS) is 15.9. The molecule has 0 unspecified atom stereocenters. The van der Waals surface area contributed by atoms with Crippen LogP contribution in [0.5, 0.6) is 0 Å². The second kappa shape index (κ2) is 6.64. The molecule has 0 bridgehead atoms. The number of Topliss-reactive ketones (excluding diaryl/α,β-unsaturated/α-hetero) is 1. The number of ketones is 1. The Balaban J connectivity index is 2.16. The number of carbonyl (C=O) groups excluding carboxylic acids is 2. The molecule has 4 heteroatoms. The lowest BCUT2D eigenvalue weighted by molar-refractivity contribution is -0.137. The SMILES string of the molecule is CCOC(=O)C(=O)c1ccc(C2CCCCC2)c(F)c1. The molecule has 0 amide bonds. The second-order valence-electron chi connectivity index (χ2n) is 5.12. The average molecular weight is 278 g/mol. The number of ether oxygens (including phenoxy) is 1. The maximum absolute atomic E-state index is 14.1. The van der Waals surface area contributed by atoms with Crippen LogP contribution in [-0.4, -0.2) is 18.4 Å². The Kier molecular flexibility index (Phi) is 4.88. The first-order valence-electron chi connectivity index (χ1n) is 7.14. The third-order valence-corrected chi connectivity index (χ3v) is 3.77. The molecule has 0 radical (unpaired) electrons. The lowest BCUT2D eigenvalue weighted by Gasteiger charge is -2.22. The minimum atomic E-state index is -0.933. The minimum absolute atomic E-state index is 0.0560. The number of benzene rings is 1. The Morgan fingerprint density at radius 1 is 1.25 bits per heavy atom. The molecule has 0 aliphatic heterocycles. The van der Waals surface area contributed by atoms with Crippen molar-refractivity contribution in [2.24, 2.45) is 0 Å². The van der Waals surface area contributed by atoms with Crippen LogP contribution in [0.3, 0.4) is 0 Å². The van der Waals surface area contributed by atoms with Gasteiger partial charge in [0.1, 0.15) is 5.82 Å². The Bertz CT molecular complexity index is 504. The predicted molar refractivity (Wildman–Crippen MR) is 73.2 cm³/mol. The van der Waals surface area contributed by atoms with Gasteiger partial charge in [-0.25, -0.2) is 9.18 Å². The fourth-order valence-corrected chi connectivity index (χ4v) is 2.73. The van der Waals surface area contributed by atoms with E-state index in [0.29, 0.717) is 5.56 Å². The van der Waals surface area contributed by atoms with E-state index in [0.717, 1.165) is 31.7 Å². The molecular formula is C16H19FO3. The van der Waals surface area contributed by atoms with Gasteiger partial charge in [0.15, 0.2) is 0 Å². The lowest BCUT2D eigenvalue weighted by atomic mass is 9.83. The summed E-state index contributed by atoms with van der Waals surface area (Å²) in [6.45, 7) is 1.76. The maximum atomic E-state index is 14.1. The molecule has 0 saturated heterocycles. The van der Waals surface area contributed by atoms with Crippen molar-refractivity contribution in [3.05, 3.63) is 35.1 Å². The monoisotopic (exact) mass is 278 g/mol.